The van der Waals surface area contributed by atoms with Crippen LogP contribution in [0.15, 0.2) is 11.3 Å². The van der Waals surface area contributed by atoms with Crippen LogP contribution in [0.25, 0.3) is 0 Å². The molecule has 0 aromatic heterocycles. The molecule has 78 valence electrons. The van der Waals surface area contributed by atoms with Gasteiger partial charge in [-0.05, 0) is 19.3 Å². The molecule has 0 amide bonds. The van der Waals surface area contributed by atoms with Crippen molar-refractivity contribution in [2.24, 2.45) is 5.92 Å². The minimum atomic E-state index is -0.417. The summed E-state index contributed by atoms with van der Waals surface area (Å²) in [5.74, 6) is 0.602. The molecule has 0 unspecified atom stereocenters. The molecule has 3 heteroatoms. The molecule has 1 rings (SSSR count). The first-order valence-corrected chi connectivity index (χ1v) is 4.94. The Morgan fingerprint density at radius 3 is 2.57 bits per heavy atom. The molecule has 0 bridgehead atoms. The Morgan fingerprint density at radius 2 is 2.00 bits per heavy atom. The monoisotopic (exact) mass is 196 g/mol. The van der Waals surface area contributed by atoms with Gasteiger partial charge in [-0.25, -0.2) is 0 Å². The maximum atomic E-state index is 11.3. The minimum Gasteiger partial charge on any atom is -0.430 e. The van der Waals surface area contributed by atoms with Gasteiger partial charge < -0.3 is 4.74 Å². The van der Waals surface area contributed by atoms with Crippen LogP contribution in [0.2, 0.25) is 0 Å². The fourth-order valence-electron chi connectivity index (χ4n) is 1.33. The van der Waals surface area contributed by atoms with Crippen LogP contribution in [0.5, 0.6) is 0 Å². The van der Waals surface area contributed by atoms with Gasteiger partial charge >= 0.3 is 5.97 Å². The number of carbonyl (C=O) groups is 2. The normalized spacial score (nSPS) is 17.7. The summed E-state index contributed by atoms with van der Waals surface area (Å²) in [4.78, 5) is 22.3. The zero-order valence-corrected chi connectivity index (χ0v) is 8.92. The fourth-order valence-corrected chi connectivity index (χ4v) is 1.33. The number of esters is 1. The molecule has 0 spiro atoms. The molecule has 0 aliphatic carbocycles. The summed E-state index contributed by atoms with van der Waals surface area (Å²) >= 11 is 0. The average molecular weight is 196 g/mol. The number of cyclic esters (lactones) is 1. The van der Waals surface area contributed by atoms with Gasteiger partial charge in [0, 0.05) is 12.0 Å². The van der Waals surface area contributed by atoms with E-state index < -0.39 is 5.97 Å². The average Bonchev–Trinajstić information content (AvgIpc) is 2.08. The summed E-state index contributed by atoms with van der Waals surface area (Å²) in [5, 5.41) is 0. The van der Waals surface area contributed by atoms with E-state index in [-0.39, 0.29) is 12.2 Å². The van der Waals surface area contributed by atoms with E-state index in [0.29, 0.717) is 23.7 Å². The number of rotatable bonds is 3. The summed E-state index contributed by atoms with van der Waals surface area (Å²) < 4.78 is 5.04. The van der Waals surface area contributed by atoms with Crippen molar-refractivity contribution in [3.05, 3.63) is 11.3 Å². The lowest BCUT2D eigenvalue weighted by Gasteiger charge is -2.17. The number of hydrogen-bond acceptors (Lipinski definition) is 3. The van der Waals surface area contributed by atoms with Crippen LogP contribution in [0.3, 0.4) is 0 Å². The van der Waals surface area contributed by atoms with Gasteiger partial charge in [0.25, 0.3) is 0 Å². The standard InChI is InChI=1S/C11H16O3/c1-7(2)4-5-10-8(3)9(12)6-11(13)14-10/h7H,4-6H2,1-3H3. The highest BCUT2D eigenvalue weighted by Gasteiger charge is 2.24. The van der Waals surface area contributed by atoms with Gasteiger partial charge in [-0.15, -0.1) is 0 Å². The molecular formula is C11H16O3. The van der Waals surface area contributed by atoms with E-state index in [9.17, 15) is 9.59 Å². The number of hydrogen-bond donors (Lipinski definition) is 0. The Morgan fingerprint density at radius 1 is 1.36 bits per heavy atom. The van der Waals surface area contributed by atoms with Gasteiger partial charge in [0.2, 0.25) is 0 Å². The largest absolute Gasteiger partial charge is 0.430 e. The van der Waals surface area contributed by atoms with E-state index in [0.717, 1.165) is 6.42 Å². The molecule has 1 aliphatic heterocycles. The molecular weight excluding hydrogens is 180 g/mol. The molecule has 1 aliphatic rings. The topological polar surface area (TPSA) is 43.4 Å². The second-order valence-corrected chi connectivity index (χ2v) is 4.05. The fraction of sp³-hybridized carbons (Fsp3) is 0.636. The highest BCUT2D eigenvalue weighted by Crippen LogP contribution is 2.22. The first-order chi connectivity index (χ1) is 6.50. The van der Waals surface area contributed by atoms with Gasteiger partial charge in [-0.1, -0.05) is 13.8 Å². The van der Waals surface area contributed by atoms with Crippen molar-refractivity contribution < 1.29 is 14.3 Å². The van der Waals surface area contributed by atoms with Crippen LogP contribution in [0.4, 0.5) is 0 Å². The van der Waals surface area contributed by atoms with E-state index in [2.05, 4.69) is 13.8 Å². The molecule has 0 radical (unpaired) electrons. The molecule has 0 aromatic carbocycles. The summed E-state index contributed by atoms with van der Waals surface area (Å²) in [7, 11) is 0. The number of allylic oxidation sites excluding steroid dienone is 2. The van der Waals surface area contributed by atoms with Crippen molar-refractivity contribution in [3.8, 4) is 0 Å². The van der Waals surface area contributed by atoms with Gasteiger partial charge in [-0.2, -0.15) is 0 Å². The third-order valence-electron chi connectivity index (χ3n) is 2.33. The number of ether oxygens (including phenoxy) is 1. The van der Waals surface area contributed by atoms with Gasteiger partial charge in [0.05, 0.1) is 0 Å². The van der Waals surface area contributed by atoms with Crippen molar-refractivity contribution in [3.63, 3.8) is 0 Å². The lowest BCUT2D eigenvalue weighted by atomic mass is 10.0. The molecule has 0 aromatic rings. The smallest absolute Gasteiger partial charge is 0.318 e. The van der Waals surface area contributed by atoms with Crippen molar-refractivity contribution >= 4 is 11.8 Å². The first-order valence-electron chi connectivity index (χ1n) is 4.94. The van der Waals surface area contributed by atoms with Crippen LogP contribution in [-0.4, -0.2) is 11.8 Å². The second kappa shape index (κ2) is 4.40. The molecule has 0 N–H and O–H groups in total. The Bertz CT molecular complexity index is 287. The number of carbonyl (C=O) groups excluding carboxylic acids is 2. The Balaban J connectivity index is 2.69. The Hall–Kier alpha value is -1.12. The zero-order chi connectivity index (χ0) is 10.7. The van der Waals surface area contributed by atoms with Crippen LogP contribution >= 0.6 is 0 Å². The van der Waals surface area contributed by atoms with E-state index in [1.807, 2.05) is 0 Å². The third-order valence-corrected chi connectivity index (χ3v) is 2.33. The maximum Gasteiger partial charge on any atom is 0.318 e. The summed E-state index contributed by atoms with van der Waals surface area (Å²) in [6.07, 6.45) is 1.52. The third kappa shape index (κ3) is 2.69. The van der Waals surface area contributed by atoms with Crippen molar-refractivity contribution in [2.45, 2.75) is 40.0 Å². The summed E-state index contributed by atoms with van der Waals surface area (Å²) in [5.41, 5.74) is 0.616. The lowest BCUT2D eigenvalue weighted by Crippen LogP contribution is -2.20. The molecule has 1 heterocycles. The van der Waals surface area contributed by atoms with Crippen molar-refractivity contribution in [2.75, 3.05) is 0 Å². The van der Waals surface area contributed by atoms with Crippen LogP contribution in [0.1, 0.15) is 40.0 Å². The molecule has 14 heavy (non-hydrogen) atoms. The molecule has 3 nitrogen and oxygen atoms in total. The molecule has 0 saturated heterocycles. The minimum absolute atomic E-state index is 0.0972. The summed E-state index contributed by atoms with van der Waals surface area (Å²) in [6, 6.07) is 0. The van der Waals surface area contributed by atoms with Crippen molar-refractivity contribution in [1.29, 1.82) is 0 Å². The Labute approximate surface area is 84.1 Å². The van der Waals surface area contributed by atoms with Gasteiger partial charge in [0.1, 0.15) is 12.2 Å². The quantitative estimate of drug-likeness (QED) is 0.513. The number of Topliss-reactive ketones (excluding diaryl/α,β-unsaturated/α-hetero) is 1. The molecule has 0 fully saturated rings. The van der Waals surface area contributed by atoms with E-state index in [1.165, 1.54) is 0 Å². The van der Waals surface area contributed by atoms with Crippen LogP contribution < -0.4 is 0 Å². The molecule has 0 saturated carbocycles. The lowest BCUT2D eigenvalue weighted by molar-refractivity contribution is -0.144. The van der Waals surface area contributed by atoms with E-state index >= 15 is 0 Å². The van der Waals surface area contributed by atoms with Gasteiger partial charge in [-0.3, -0.25) is 9.59 Å². The van der Waals surface area contributed by atoms with E-state index in [4.69, 9.17) is 4.74 Å². The predicted molar refractivity (Wildman–Crippen MR) is 52.5 cm³/mol. The summed E-state index contributed by atoms with van der Waals surface area (Å²) in [6.45, 7) is 5.93. The highest BCUT2D eigenvalue weighted by molar-refractivity contribution is 6.07. The maximum absolute atomic E-state index is 11.3. The van der Waals surface area contributed by atoms with E-state index in [1.54, 1.807) is 6.92 Å². The second-order valence-electron chi connectivity index (χ2n) is 4.05. The Kier molecular flexibility index (Phi) is 3.44. The zero-order valence-electron chi connectivity index (χ0n) is 8.92. The molecule has 0 atom stereocenters. The van der Waals surface area contributed by atoms with Crippen LogP contribution in [-0.2, 0) is 14.3 Å². The van der Waals surface area contributed by atoms with Crippen LogP contribution in [0, 0.1) is 5.92 Å². The SMILES string of the molecule is CC1=C(CCC(C)C)OC(=O)CC1=O. The first kappa shape index (κ1) is 11.0. The predicted octanol–water partition coefficient (Wildman–Crippen LogP) is 2.21. The van der Waals surface area contributed by atoms with Gasteiger partial charge in [0.15, 0.2) is 5.78 Å². The number of ketones is 1. The van der Waals surface area contributed by atoms with Crippen molar-refractivity contribution in [1.82, 2.24) is 0 Å². The highest BCUT2D eigenvalue weighted by atomic mass is 16.5.